The number of nitrogens with one attached hydrogen (secondary N) is 1. The Balaban J connectivity index is 2.12. The second-order valence-electron chi connectivity index (χ2n) is 5.70. The molecule has 0 aliphatic heterocycles. The highest BCUT2D eigenvalue weighted by Crippen LogP contribution is 2.27. The van der Waals surface area contributed by atoms with E-state index in [4.69, 9.17) is 4.74 Å². The lowest BCUT2D eigenvalue weighted by Gasteiger charge is -2.15. The number of carbonyl (C=O) groups excluding carboxylic acids is 2. The molecule has 0 heterocycles. The van der Waals surface area contributed by atoms with E-state index >= 15 is 0 Å². The molecule has 0 radical (unpaired) electrons. The van der Waals surface area contributed by atoms with Crippen molar-refractivity contribution in [2.45, 2.75) is 26.9 Å². The Bertz CT molecular complexity index is 746. The fourth-order valence-corrected chi connectivity index (χ4v) is 2.19. The zero-order valence-corrected chi connectivity index (χ0v) is 14.1. The van der Waals surface area contributed by atoms with Crippen LogP contribution in [0, 0.1) is 0 Å². The van der Waals surface area contributed by atoms with E-state index in [0.717, 1.165) is 16.7 Å². The smallest absolute Gasteiger partial charge is 0.331 e. The van der Waals surface area contributed by atoms with Crippen molar-refractivity contribution in [3.63, 3.8) is 0 Å². The molecule has 24 heavy (non-hydrogen) atoms. The van der Waals surface area contributed by atoms with Crippen LogP contribution in [0.1, 0.15) is 20.8 Å². The molecule has 1 unspecified atom stereocenters. The molecule has 124 valence electrons. The van der Waals surface area contributed by atoms with E-state index in [1.807, 2.05) is 54.6 Å². The van der Waals surface area contributed by atoms with Crippen LogP contribution in [0.4, 0.5) is 5.69 Å². The Hall–Kier alpha value is -2.88. The van der Waals surface area contributed by atoms with Gasteiger partial charge in [0.25, 0.3) is 5.91 Å². The van der Waals surface area contributed by atoms with Crippen LogP contribution in [0.3, 0.4) is 0 Å². The van der Waals surface area contributed by atoms with Crippen LogP contribution in [0.5, 0.6) is 0 Å². The van der Waals surface area contributed by atoms with Crippen LogP contribution in [0.25, 0.3) is 11.1 Å². The third-order valence-electron chi connectivity index (χ3n) is 3.34. The van der Waals surface area contributed by atoms with Gasteiger partial charge in [0, 0.05) is 17.3 Å². The van der Waals surface area contributed by atoms with Crippen LogP contribution >= 0.6 is 0 Å². The monoisotopic (exact) mass is 323 g/mol. The van der Waals surface area contributed by atoms with Crippen molar-refractivity contribution in [2.24, 2.45) is 0 Å². The van der Waals surface area contributed by atoms with Crippen molar-refractivity contribution < 1.29 is 14.3 Å². The Labute approximate surface area is 142 Å². The van der Waals surface area contributed by atoms with Gasteiger partial charge in [-0.3, -0.25) is 4.79 Å². The topological polar surface area (TPSA) is 55.4 Å². The van der Waals surface area contributed by atoms with E-state index < -0.39 is 12.1 Å². The van der Waals surface area contributed by atoms with Crippen molar-refractivity contribution in [1.29, 1.82) is 0 Å². The number of hydrogen-bond acceptors (Lipinski definition) is 3. The molecule has 4 nitrogen and oxygen atoms in total. The molecule has 0 fully saturated rings. The molecule has 0 aromatic heterocycles. The first-order valence-corrected chi connectivity index (χ1v) is 7.78. The summed E-state index contributed by atoms with van der Waals surface area (Å²) in [5, 5.41) is 2.83. The Morgan fingerprint density at radius 1 is 1.00 bits per heavy atom. The van der Waals surface area contributed by atoms with E-state index in [1.54, 1.807) is 20.8 Å². The highest BCUT2D eigenvalue weighted by atomic mass is 16.5. The number of amides is 1. The van der Waals surface area contributed by atoms with Crippen LogP contribution in [-0.2, 0) is 14.3 Å². The Morgan fingerprint density at radius 3 is 2.29 bits per heavy atom. The number of hydrogen-bond donors (Lipinski definition) is 1. The van der Waals surface area contributed by atoms with Crippen molar-refractivity contribution in [1.82, 2.24) is 0 Å². The summed E-state index contributed by atoms with van der Waals surface area (Å²) in [6.07, 6.45) is 0.485. The molecule has 4 heteroatoms. The lowest BCUT2D eigenvalue weighted by molar-refractivity contribution is -0.148. The zero-order chi connectivity index (χ0) is 17.5. The van der Waals surface area contributed by atoms with Gasteiger partial charge in [-0.25, -0.2) is 4.79 Å². The number of ether oxygens (including phenoxy) is 1. The fraction of sp³-hybridized carbons (Fsp3) is 0.200. The normalized spacial score (nSPS) is 11.3. The van der Waals surface area contributed by atoms with Gasteiger partial charge < -0.3 is 10.1 Å². The summed E-state index contributed by atoms with van der Waals surface area (Å²) >= 11 is 0. The van der Waals surface area contributed by atoms with Crippen molar-refractivity contribution in [2.75, 3.05) is 5.32 Å². The minimum absolute atomic E-state index is 0.367. The summed E-state index contributed by atoms with van der Waals surface area (Å²) in [6, 6.07) is 17.3. The molecular weight excluding hydrogens is 302 g/mol. The summed E-state index contributed by atoms with van der Waals surface area (Å²) < 4.78 is 5.11. The maximum atomic E-state index is 12.3. The largest absolute Gasteiger partial charge is 0.449 e. The summed E-state index contributed by atoms with van der Waals surface area (Å²) in [7, 11) is 0. The van der Waals surface area contributed by atoms with Gasteiger partial charge in [-0.1, -0.05) is 54.1 Å². The van der Waals surface area contributed by atoms with E-state index in [1.165, 1.54) is 6.08 Å². The lowest BCUT2D eigenvalue weighted by Crippen LogP contribution is -2.29. The molecule has 1 N–H and O–H groups in total. The zero-order valence-electron chi connectivity index (χ0n) is 14.1. The van der Waals surface area contributed by atoms with Gasteiger partial charge >= 0.3 is 5.97 Å². The summed E-state index contributed by atoms with van der Waals surface area (Å²) in [6.45, 7) is 5.14. The predicted molar refractivity (Wildman–Crippen MR) is 95.5 cm³/mol. The standard InChI is InChI=1S/C20H21NO3/c1-14(2)13-19(22)24-15(3)20(23)21-18-12-8-7-11-17(18)16-9-5-4-6-10-16/h4-13,15H,1-3H3,(H,21,23). The van der Waals surface area contributed by atoms with Gasteiger partial charge in [0.05, 0.1) is 0 Å². The molecule has 2 rings (SSSR count). The molecule has 0 aliphatic carbocycles. The lowest BCUT2D eigenvalue weighted by atomic mass is 10.0. The second-order valence-corrected chi connectivity index (χ2v) is 5.70. The number of rotatable bonds is 5. The fourth-order valence-electron chi connectivity index (χ4n) is 2.19. The summed E-state index contributed by atoms with van der Waals surface area (Å²) in [5.74, 6) is -0.886. The number of benzene rings is 2. The van der Waals surface area contributed by atoms with Gasteiger partial charge in [0.1, 0.15) is 0 Å². The first-order chi connectivity index (χ1) is 11.5. The molecule has 0 aliphatic rings. The number of anilines is 1. The average Bonchev–Trinajstić information content (AvgIpc) is 2.55. The number of allylic oxidation sites excluding steroid dienone is 1. The van der Waals surface area contributed by atoms with Crippen molar-refractivity contribution in [3.05, 3.63) is 66.2 Å². The first-order valence-electron chi connectivity index (χ1n) is 7.78. The molecule has 1 amide bonds. The third-order valence-corrected chi connectivity index (χ3v) is 3.34. The SMILES string of the molecule is CC(C)=CC(=O)OC(C)C(=O)Nc1ccccc1-c1ccccc1. The number of carbonyl (C=O) groups is 2. The average molecular weight is 323 g/mol. The van der Waals surface area contributed by atoms with E-state index in [0.29, 0.717) is 5.69 Å². The third kappa shape index (κ3) is 4.81. The van der Waals surface area contributed by atoms with Gasteiger partial charge in [0.2, 0.25) is 0 Å². The Kier molecular flexibility index (Phi) is 5.90. The number of para-hydroxylation sites is 1. The molecular formula is C20H21NO3. The van der Waals surface area contributed by atoms with E-state index in [-0.39, 0.29) is 5.91 Å². The minimum Gasteiger partial charge on any atom is -0.449 e. The summed E-state index contributed by atoms with van der Waals surface area (Å²) in [5.41, 5.74) is 3.41. The number of esters is 1. The van der Waals surface area contributed by atoms with Crippen molar-refractivity contribution >= 4 is 17.6 Å². The Morgan fingerprint density at radius 2 is 1.62 bits per heavy atom. The van der Waals surface area contributed by atoms with Gasteiger partial charge in [0.15, 0.2) is 6.10 Å². The van der Waals surface area contributed by atoms with Crippen LogP contribution in [0.15, 0.2) is 66.2 Å². The van der Waals surface area contributed by atoms with E-state index in [9.17, 15) is 9.59 Å². The van der Waals surface area contributed by atoms with Crippen LogP contribution < -0.4 is 5.32 Å². The predicted octanol–water partition coefficient (Wildman–Crippen LogP) is 4.19. The van der Waals surface area contributed by atoms with Crippen LogP contribution in [0.2, 0.25) is 0 Å². The quantitative estimate of drug-likeness (QED) is 0.663. The molecule has 0 saturated heterocycles. The molecule has 0 bridgehead atoms. The summed E-state index contributed by atoms with van der Waals surface area (Å²) in [4.78, 5) is 23.9. The van der Waals surface area contributed by atoms with Gasteiger partial charge in [-0.15, -0.1) is 0 Å². The first kappa shape index (κ1) is 17.5. The highest BCUT2D eigenvalue weighted by Gasteiger charge is 2.18. The molecule has 1 atom stereocenters. The molecule has 2 aromatic rings. The van der Waals surface area contributed by atoms with Gasteiger partial charge in [-0.2, -0.15) is 0 Å². The van der Waals surface area contributed by atoms with Gasteiger partial charge in [-0.05, 0) is 32.4 Å². The second kappa shape index (κ2) is 8.11. The van der Waals surface area contributed by atoms with E-state index in [2.05, 4.69) is 5.32 Å². The highest BCUT2D eigenvalue weighted by molar-refractivity contribution is 5.99. The maximum Gasteiger partial charge on any atom is 0.331 e. The molecule has 0 spiro atoms. The minimum atomic E-state index is -0.878. The molecule has 0 saturated carbocycles. The molecule has 2 aromatic carbocycles. The van der Waals surface area contributed by atoms with Crippen molar-refractivity contribution in [3.8, 4) is 11.1 Å². The van der Waals surface area contributed by atoms with Crippen LogP contribution in [-0.4, -0.2) is 18.0 Å². The maximum absolute atomic E-state index is 12.3.